The first-order valence-corrected chi connectivity index (χ1v) is 9.25. The zero-order valence-electron chi connectivity index (χ0n) is 15.0. The summed E-state index contributed by atoms with van der Waals surface area (Å²) in [6, 6.07) is 7.70. The molecule has 7 heteroatoms. The van der Waals surface area contributed by atoms with Crippen LogP contribution < -0.4 is 5.73 Å². The second kappa shape index (κ2) is 6.37. The van der Waals surface area contributed by atoms with Gasteiger partial charge in [0.2, 0.25) is 0 Å². The number of halogens is 1. The van der Waals surface area contributed by atoms with Crippen LogP contribution in [0.2, 0.25) is 5.02 Å². The van der Waals surface area contributed by atoms with E-state index in [1.807, 2.05) is 23.9 Å². The van der Waals surface area contributed by atoms with Crippen molar-refractivity contribution in [1.82, 2.24) is 14.7 Å². The summed E-state index contributed by atoms with van der Waals surface area (Å²) < 4.78 is 8.12. The molecule has 2 aliphatic heterocycles. The van der Waals surface area contributed by atoms with Gasteiger partial charge in [0.15, 0.2) is 6.10 Å². The summed E-state index contributed by atoms with van der Waals surface area (Å²) in [5.41, 5.74) is 9.19. The normalized spacial score (nSPS) is 21.9. The summed E-state index contributed by atoms with van der Waals surface area (Å²) in [6.07, 6.45) is 0.915. The molecule has 1 fully saturated rings. The summed E-state index contributed by atoms with van der Waals surface area (Å²) in [5.74, 6) is -0.447. The van der Waals surface area contributed by atoms with Gasteiger partial charge in [0.1, 0.15) is 0 Å². The smallest absolute Gasteiger partial charge is 0.251 e. The van der Waals surface area contributed by atoms with E-state index in [0.29, 0.717) is 5.02 Å². The van der Waals surface area contributed by atoms with Gasteiger partial charge in [0, 0.05) is 37.4 Å². The average molecular weight is 375 g/mol. The molecule has 2 aliphatic rings. The number of amides is 1. The predicted molar refractivity (Wildman–Crippen MR) is 98.6 cm³/mol. The molecule has 2 N–H and O–H groups in total. The number of fused-ring (bicyclic) bond motifs is 2. The zero-order chi connectivity index (χ0) is 18.5. The van der Waals surface area contributed by atoms with Gasteiger partial charge < -0.3 is 10.5 Å². The second-order valence-corrected chi connectivity index (χ2v) is 7.74. The fourth-order valence-corrected chi connectivity index (χ4v) is 4.29. The van der Waals surface area contributed by atoms with Crippen LogP contribution in [0.1, 0.15) is 41.5 Å². The van der Waals surface area contributed by atoms with Crippen LogP contribution in [0.25, 0.3) is 0 Å². The summed E-state index contributed by atoms with van der Waals surface area (Å²) >= 11 is 6.21. The van der Waals surface area contributed by atoms with Crippen LogP contribution in [0.3, 0.4) is 0 Å². The standard InChI is InChI=1S/C19H23ClN4O2/c1-12-9-14(22-23(12)2)11-24-7-5-19(6-8-24)16-10-13(20)3-4-15(16)17(26-19)18(21)25/h3-4,9-10,17H,5-8,11H2,1-2H3,(H2,21,25)/t17-/m1/s1. The Bertz CT molecular complexity index is 836. The van der Waals surface area contributed by atoms with E-state index in [1.165, 1.54) is 0 Å². The van der Waals surface area contributed by atoms with E-state index in [4.69, 9.17) is 22.1 Å². The number of rotatable bonds is 3. The molecule has 1 aromatic heterocycles. The minimum absolute atomic E-state index is 0.447. The van der Waals surface area contributed by atoms with E-state index in [1.54, 1.807) is 6.07 Å². The van der Waals surface area contributed by atoms with E-state index >= 15 is 0 Å². The molecule has 1 atom stereocenters. The molecule has 0 radical (unpaired) electrons. The Labute approximate surface area is 157 Å². The second-order valence-electron chi connectivity index (χ2n) is 7.30. The largest absolute Gasteiger partial charge is 0.367 e. The van der Waals surface area contributed by atoms with Crippen molar-refractivity contribution in [3.05, 3.63) is 51.8 Å². The first-order valence-electron chi connectivity index (χ1n) is 8.87. The first-order chi connectivity index (χ1) is 12.4. The number of carbonyl (C=O) groups excluding carboxylic acids is 1. The molecule has 0 aliphatic carbocycles. The molecule has 4 rings (SSSR count). The number of likely N-dealkylation sites (tertiary alicyclic amines) is 1. The Kier molecular flexibility index (Phi) is 4.29. The van der Waals surface area contributed by atoms with Crippen LogP contribution in [0.5, 0.6) is 0 Å². The molecule has 1 spiro atoms. The highest BCUT2D eigenvalue weighted by molar-refractivity contribution is 6.30. The SMILES string of the molecule is Cc1cc(CN2CCC3(CC2)O[C@@H](C(N)=O)c2ccc(Cl)cc23)nn1C. The molecule has 2 aromatic rings. The van der Waals surface area contributed by atoms with E-state index in [-0.39, 0.29) is 0 Å². The Balaban J connectivity index is 1.53. The molecule has 6 nitrogen and oxygen atoms in total. The number of primary amides is 1. The van der Waals surface area contributed by atoms with Crippen molar-refractivity contribution in [2.75, 3.05) is 13.1 Å². The van der Waals surface area contributed by atoms with Crippen molar-refractivity contribution in [2.45, 2.75) is 38.0 Å². The number of benzene rings is 1. The highest BCUT2D eigenvalue weighted by Crippen LogP contribution is 2.50. The third-order valence-corrected chi connectivity index (χ3v) is 5.84. The summed E-state index contributed by atoms with van der Waals surface area (Å²) in [5, 5.41) is 5.20. The maximum atomic E-state index is 11.9. The predicted octanol–water partition coefficient (Wildman–Crippen LogP) is 2.43. The van der Waals surface area contributed by atoms with Gasteiger partial charge in [-0.05, 0) is 49.1 Å². The number of nitrogens with zero attached hydrogens (tertiary/aromatic N) is 3. The minimum atomic E-state index is -0.688. The number of hydrogen-bond acceptors (Lipinski definition) is 4. The summed E-state index contributed by atoms with van der Waals surface area (Å²) in [4.78, 5) is 14.2. The van der Waals surface area contributed by atoms with E-state index in [2.05, 4.69) is 23.0 Å². The molecule has 26 heavy (non-hydrogen) atoms. The van der Waals surface area contributed by atoms with Crippen molar-refractivity contribution >= 4 is 17.5 Å². The monoisotopic (exact) mass is 374 g/mol. The Morgan fingerprint density at radius 3 is 2.73 bits per heavy atom. The molecule has 1 saturated heterocycles. The fourth-order valence-electron chi connectivity index (χ4n) is 4.12. The molecule has 0 unspecified atom stereocenters. The zero-order valence-corrected chi connectivity index (χ0v) is 15.8. The highest BCUT2D eigenvalue weighted by Gasteiger charge is 2.48. The third-order valence-electron chi connectivity index (χ3n) is 5.60. The maximum Gasteiger partial charge on any atom is 0.251 e. The number of piperidine rings is 1. The lowest BCUT2D eigenvalue weighted by molar-refractivity contribution is -0.148. The van der Waals surface area contributed by atoms with Gasteiger partial charge in [-0.3, -0.25) is 14.4 Å². The van der Waals surface area contributed by atoms with Gasteiger partial charge in [-0.2, -0.15) is 5.10 Å². The van der Waals surface area contributed by atoms with Crippen LogP contribution in [0.15, 0.2) is 24.3 Å². The van der Waals surface area contributed by atoms with Crippen LogP contribution >= 0.6 is 11.6 Å². The lowest BCUT2D eigenvalue weighted by Crippen LogP contribution is -2.42. The summed E-state index contributed by atoms with van der Waals surface area (Å²) in [6.45, 7) is 4.61. The molecular formula is C19H23ClN4O2. The van der Waals surface area contributed by atoms with Crippen LogP contribution in [-0.4, -0.2) is 33.7 Å². The maximum absolute atomic E-state index is 11.9. The van der Waals surface area contributed by atoms with Gasteiger partial charge in [0.05, 0.1) is 11.3 Å². The van der Waals surface area contributed by atoms with Gasteiger partial charge >= 0.3 is 0 Å². The van der Waals surface area contributed by atoms with Gasteiger partial charge in [-0.15, -0.1) is 0 Å². The van der Waals surface area contributed by atoms with Crippen LogP contribution in [0, 0.1) is 6.92 Å². The number of nitrogens with two attached hydrogens (primary N) is 1. The molecule has 3 heterocycles. The summed E-state index contributed by atoms with van der Waals surface area (Å²) in [7, 11) is 1.96. The average Bonchev–Trinajstić information content (AvgIpc) is 3.08. The lowest BCUT2D eigenvalue weighted by atomic mass is 9.83. The topological polar surface area (TPSA) is 73.4 Å². The van der Waals surface area contributed by atoms with Crippen molar-refractivity contribution < 1.29 is 9.53 Å². The van der Waals surface area contributed by atoms with E-state index in [9.17, 15) is 4.79 Å². The van der Waals surface area contributed by atoms with Crippen molar-refractivity contribution in [2.24, 2.45) is 12.8 Å². The fraction of sp³-hybridized carbons (Fsp3) is 0.474. The lowest BCUT2D eigenvalue weighted by Gasteiger charge is -2.39. The quantitative estimate of drug-likeness (QED) is 0.895. The van der Waals surface area contributed by atoms with Crippen LogP contribution in [0.4, 0.5) is 0 Å². The molecule has 1 aromatic carbocycles. The Morgan fingerprint density at radius 1 is 1.38 bits per heavy atom. The number of aryl methyl sites for hydroxylation is 2. The van der Waals surface area contributed by atoms with Gasteiger partial charge in [-0.1, -0.05) is 17.7 Å². The van der Waals surface area contributed by atoms with E-state index in [0.717, 1.165) is 55.0 Å². The van der Waals surface area contributed by atoms with Crippen LogP contribution in [-0.2, 0) is 28.7 Å². The third kappa shape index (κ3) is 2.92. The number of hydrogen-bond donors (Lipinski definition) is 1. The molecule has 1 amide bonds. The van der Waals surface area contributed by atoms with Crippen molar-refractivity contribution in [1.29, 1.82) is 0 Å². The number of carbonyl (C=O) groups is 1. The number of ether oxygens (including phenoxy) is 1. The Hall–Kier alpha value is -1.89. The van der Waals surface area contributed by atoms with Gasteiger partial charge in [-0.25, -0.2) is 0 Å². The highest BCUT2D eigenvalue weighted by atomic mass is 35.5. The number of aromatic nitrogens is 2. The van der Waals surface area contributed by atoms with Gasteiger partial charge in [0.25, 0.3) is 5.91 Å². The van der Waals surface area contributed by atoms with E-state index < -0.39 is 17.6 Å². The molecule has 0 saturated carbocycles. The molecular weight excluding hydrogens is 352 g/mol. The minimum Gasteiger partial charge on any atom is -0.367 e. The van der Waals surface area contributed by atoms with Crippen molar-refractivity contribution in [3.8, 4) is 0 Å². The molecule has 138 valence electrons. The molecule has 0 bridgehead atoms. The first kappa shape index (κ1) is 17.5. The van der Waals surface area contributed by atoms with Crippen molar-refractivity contribution in [3.63, 3.8) is 0 Å². The Morgan fingerprint density at radius 2 is 2.12 bits per heavy atom.